The molecule has 0 atom stereocenters. The van der Waals surface area contributed by atoms with Gasteiger partial charge >= 0.3 is 5.97 Å². The van der Waals surface area contributed by atoms with E-state index < -0.39 is 5.97 Å². The van der Waals surface area contributed by atoms with Gasteiger partial charge < -0.3 is 14.4 Å². The van der Waals surface area contributed by atoms with E-state index in [1.165, 1.54) is 6.08 Å². The van der Waals surface area contributed by atoms with Crippen molar-refractivity contribution in [2.24, 2.45) is 0 Å². The minimum absolute atomic E-state index is 0.273. The van der Waals surface area contributed by atoms with Gasteiger partial charge in [-0.3, -0.25) is 0 Å². The Morgan fingerprint density at radius 3 is 2.90 bits per heavy atom. The van der Waals surface area contributed by atoms with Crippen molar-refractivity contribution in [3.63, 3.8) is 0 Å². The maximum atomic E-state index is 10.9. The van der Waals surface area contributed by atoms with Crippen molar-refractivity contribution >= 4 is 46.2 Å². The van der Waals surface area contributed by atoms with Crippen LogP contribution in [0.5, 0.6) is 0 Å². The average Bonchev–Trinajstić information content (AvgIpc) is 2.64. The number of rotatable bonds is 2. The molecule has 4 nitrogen and oxygen atoms in total. The van der Waals surface area contributed by atoms with E-state index in [1.54, 1.807) is 0 Å². The Kier molecular flexibility index (Phi) is 3.69. The highest BCUT2D eigenvalue weighted by atomic mass is 35.5. The molecule has 1 aliphatic heterocycles. The normalized spacial score (nSPS) is 16.2. The van der Waals surface area contributed by atoms with Crippen LogP contribution in [0.2, 0.25) is 5.02 Å². The second kappa shape index (κ2) is 5.37. The van der Waals surface area contributed by atoms with Gasteiger partial charge in [-0.2, -0.15) is 0 Å². The lowest BCUT2D eigenvalue weighted by molar-refractivity contribution is -0.131. The van der Waals surface area contributed by atoms with Gasteiger partial charge in [-0.15, -0.1) is 0 Å². The largest absolute Gasteiger partial charge is 0.477 e. The third-order valence-corrected chi connectivity index (χ3v) is 4.30. The lowest BCUT2D eigenvalue weighted by Gasteiger charge is -2.12. The van der Waals surface area contributed by atoms with Crippen molar-refractivity contribution < 1.29 is 14.3 Å². The number of likely N-dealkylation sites (N-methyl/N-ethyl adjacent to an activating group) is 1. The Labute approximate surface area is 131 Å². The summed E-state index contributed by atoms with van der Waals surface area (Å²) in [5.41, 5.74) is 2.69. The fourth-order valence-corrected chi connectivity index (χ4v) is 3.02. The molecule has 0 fully saturated rings. The Balaban J connectivity index is 2.28. The smallest absolute Gasteiger partial charge is 0.347 e. The van der Waals surface area contributed by atoms with Crippen LogP contribution in [-0.2, 0) is 17.8 Å². The Morgan fingerprint density at radius 1 is 1.43 bits per heavy atom. The summed E-state index contributed by atoms with van der Waals surface area (Å²) in [7, 11) is 2.00. The Hall–Kier alpha value is -1.49. The zero-order valence-corrected chi connectivity index (χ0v) is 12.8. The molecule has 1 aromatic heterocycles. The summed E-state index contributed by atoms with van der Waals surface area (Å²) in [4.78, 5) is 13.1. The van der Waals surface area contributed by atoms with E-state index >= 15 is 0 Å². The maximum absolute atomic E-state index is 10.9. The molecular weight excluding hydrogens is 313 g/mol. The van der Waals surface area contributed by atoms with Gasteiger partial charge in [0, 0.05) is 35.1 Å². The molecule has 0 amide bonds. The molecule has 1 aromatic carbocycles. The van der Waals surface area contributed by atoms with E-state index in [4.69, 9.17) is 32.7 Å². The zero-order valence-electron chi connectivity index (χ0n) is 11.3. The molecule has 6 heteroatoms. The van der Waals surface area contributed by atoms with E-state index in [0.29, 0.717) is 22.9 Å². The van der Waals surface area contributed by atoms with Gasteiger partial charge in [-0.05, 0) is 31.2 Å². The van der Waals surface area contributed by atoms with Gasteiger partial charge in [0.1, 0.15) is 16.4 Å². The number of carboxylic acid groups (broad SMARTS) is 1. The monoisotopic (exact) mass is 325 g/mol. The molecule has 110 valence electrons. The van der Waals surface area contributed by atoms with Crippen LogP contribution in [-0.4, -0.2) is 29.6 Å². The van der Waals surface area contributed by atoms with E-state index in [9.17, 15) is 4.79 Å². The quantitative estimate of drug-likeness (QED) is 0.854. The van der Waals surface area contributed by atoms with Crippen LogP contribution in [0.4, 0.5) is 0 Å². The molecule has 0 saturated heterocycles. The Morgan fingerprint density at radius 2 is 2.19 bits per heavy atom. The predicted octanol–water partition coefficient (Wildman–Crippen LogP) is 3.74. The molecule has 1 N–H and O–H groups in total. The standard InChI is InChI=1S/C15H13Cl2NO3/c1-18-5-4-8-10(16)2-3-12-14(8)9(7-18)13(21-12)6-11(17)15(19)20/h2-3,6H,4-5,7H2,1H3,(H,19,20)/b11-6+. The van der Waals surface area contributed by atoms with Gasteiger partial charge in [0.05, 0.1) is 0 Å². The third kappa shape index (κ3) is 2.55. The first-order valence-corrected chi connectivity index (χ1v) is 7.24. The molecule has 2 heterocycles. The highest BCUT2D eigenvalue weighted by molar-refractivity contribution is 6.43. The van der Waals surface area contributed by atoms with Gasteiger partial charge in [0.25, 0.3) is 0 Å². The van der Waals surface area contributed by atoms with Crippen LogP contribution in [0.1, 0.15) is 16.9 Å². The summed E-state index contributed by atoms with van der Waals surface area (Å²) in [6, 6.07) is 3.62. The van der Waals surface area contributed by atoms with Crippen molar-refractivity contribution in [3.05, 3.63) is 39.1 Å². The molecule has 0 unspecified atom stereocenters. The second-order valence-electron chi connectivity index (χ2n) is 5.13. The van der Waals surface area contributed by atoms with E-state index in [-0.39, 0.29) is 5.03 Å². The van der Waals surface area contributed by atoms with Crippen LogP contribution in [0.3, 0.4) is 0 Å². The van der Waals surface area contributed by atoms with Crippen LogP contribution in [0, 0.1) is 0 Å². The molecule has 0 radical (unpaired) electrons. The van der Waals surface area contributed by atoms with Crippen LogP contribution in [0.15, 0.2) is 21.6 Å². The molecule has 0 bridgehead atoms. The minimum Gasteiger partial charge on any atom is -0.477 e. The number of carbonyl (C=O) groups is 1. The average molecular weight is 326 g/mol. The maximum Gasteiger partial charge on any atom is 0.347 e. The summed E-state index contributed by atoms with van der Waals surface area (Å²) >= 11 is 12.0. The highest BCUT2D eigenvalue weighted by Gasteiger charge is 2.23. The number of aliphatic carboxylic acids is 1. The van der Waals surface area contributed by atoms with Gasteiger partial charge in [0.15, 0.2) is 0 Å². The van der Waals surface area contributed by atoms with Crippen molar-refractivity contribution in [2.75, 3.05) is 13.6 Å². The zero-order chi connectivity index (χ0) is 15.1. The molecular formula is C15H13Cl2NO3. The summed E-state index contributed by atoms with van der Waals surface area (Å²) in [5.74, 6) is -0.695. The number of hydrogen-bond donors (Lipinski definition) is 1. The van der Waals surface area contributed by atoms with Crippen molar-refractivity contribution in [3.8, 4) is 0 Å². The van der Waals surface area contributed by atoms with Crippen LogP contribution < -0.4 is 0 Å². The number of carboxylic acids is 1. The minimum atomic E-state index is -1.18. The predicted molar refractivity (Wildman–Crippen MR) is 82.7 cm³/mol. The fraction of sp³-hybridized carbons (Fsp3) is 0.267. The molecule has 0 saturated carbocycles. The summed E-state index contributed by atoms with van der Waals surface area (Å²) in [5, 5.41) is 10.3. The topological polar surface area (TPSA) is 53.7 Å². The first-order chi connectivity index (χ1) is 9.97. The van der Waals surface area contributed by atoms with Crippen molar-refractivity contribution in [2.45, 2.75) is 13.0 Å². The first kappa shape index (κ1) is 14.4. The lowest BCUT2D eigenvalue weighted by atomic mass is 10.0. The van der Waals surface area contributed by atoms with Crippen LogP contribution in [0.25, 0.3) is 17.0 Å². The number of halogens is 2. The number of hydrogen-bond acceptors (Lipinski definition) is 3. The van der Waals surface area contributed by atoms with E-state index in [1.807, 2.05) is 19.2 Å². The van der Waals surface area contributed by atoms with Crippen LogP contribution >= 0.6 is 23.2 Å². The van der Waals surface area contributed by atoms with Crippen molar-refractivity contribution in [1.29, 1.82) is 0 Å². The van der Waals surface area contributed by atoms with E-state index in [2.05, 4.69) is 4.90 Å². The summed E-state index contributed by atoms with van der Waals surface area (Å²) < 4.78 is 5.78. The molecule has 1 aliphatic rings. The summed E-state index contributed by atoms with van der Waals surface area (Å²) in [6.07, 6.45) is 2.19. The van der Waals surface area contributed by atoms with Gasteiger partial charge in [0.2, 0.25) is 0 Å². The molecule has 0 spiro atoms. The molecule has 2 aromatic rings. The number of furan rings is 1. The highest BCUT2D eigenvalue weighted by Crippen LogP contribution is 2.37. The third-order valence-electron chi connectivity index (χ3n) is 3.67. The van der Waals surface area contributed by atoms with Gasteiger partial charge in [-0.25, -0.2) is 4.79 Å². The summed E-state index contributed by atoms with van der Waals surface area (Å²) in [6.45, 7) is 1.54. The molecule has 21 heavy (non-hydrogen) atoms. The first-order valence-electron chi connectivity index (χ1n) is 6.49. The second-order valence-corrected chi connectivity index (χ2v) is 5.94. The van der Waals surface area contributed by atoms with Crippen molar-refractivity contribution in [1.82, 2.24) is 4.90 Å². The fourth-order valence-electron chi connectivity index (χ4n) is 2.67. The molecule has 0 aliphatic carbocycles. The number of benzene rings is 1. The van der Waals surface area contributed by atoms with Gasteiger partial charge in [-0.1, -0.05) is 23.2 Å². The van der Waals surface area contributed by atoms with E-state index in [0.717, 1.165) is 29.5 Å². The number of nitrogens with zero attached hydrogens (tertiary/aromatic N) is 1. The Bertz CT molecular complexity index is 764. The molecule has 3 rings (SSSR count). The lowest BCUT2D eigenvalue weighted by Crippen LogP contribution is -2.18. The SMILES string of the molecule is CN1CCc2c(Cl)ccc3oc(/C=C(/Cl)C(=O)O)c(c23)C1.